The molecule has 1 N–H and O–H groups in total. The van der Waals surface area contributed by atoms with E-state index in [9.17, 15) is 19.5 Å². The van der Waals surface area contributed by atoms with Gasteiger partial charge in [0.05, 0.1) is 29.6 Å². The van der Waals surface area contributed by atoms with E-state index in [0.29, 0.717) is 54.1 Å². The van der Waals surface area contributed by atoms with Crippen LogP contribution in [0.1, 0.15) is 78.2 Å². The number of Topliss-reactive ketones (excluding diaryl/α,β-unsaturated/α-hetero) is 2. The third-order valence-electron chi connectivity index (χ3n) is 7.16. The molecule has 6 nitrogen and oxygen atoms in total. The fourth-order valence-electron chi connectivity index (χ4n) is 5.94. The summed E-state index contributed by atoms with van der Waals surface area (Å²) in [5, 5.41) is 11.9. The molecule has 1 heterocycles. The van der Waals surface area contributed by atoms with E-state index in [0.717, 1.165) is 23.4 Å². The van der Waals surface area contributed by atoms with Crippen molar-refractivity contribution in [1.82, 2.24) is 0 Å². The zero-order valence-corrected chi connectivity index (χ0v) is 20.9. The van der Waals surface area contributed by atoms with Gasteiger partial charge in [-0.05, 0) is 23.3 Å². The molecule has 4 rings (SSSR count). The minimum atomic E-state index is -1.19. The lowest BCUT2D eigenvalue weighted by Gasteiger charge is -2.45. The first-order valence-corrected chi connectivity index (χ1v) is 12.2. The Labute approximate surface area is 201 Å². The number of allylic oxidation sites excluding steroid dienone is 4. The first kappa shape index (κ1) is 24.4. The number of benzene rings is 1. The van der Waals surface area contributed by atoms with Gasteiger partial charge in [0.2, 0.25) is 0 Å². The van der Waals surface area contributed by atoms with Crippen LogP contribution in [-0.4, -0.2) is 30.7 Å². The summed E-state index contributed by atoms with van der Waals surface area (Å²) in [6.45, 7) is 10.4. The van der Waals surface area contributed by atoms with Gasteiger partial charge in [0.25, 0.3) is 0 Å². The highest BCUT2D eigenvalue weighted by molar-refractivity contribution is 6.06. The monoisotopic (exact) mass is 465 g/mol. The van der Waals surface area contributed by atoms with Crippen LogP contribution in [0.25, 0.3) is 0 Å². The molecule has 0 unspecified atom stereocenters. The Morgan fingerprint density at radius 2 is 1.50 bits per heavy atom. The van der Waals surface area contributed by atoms with Crippen LogP contribution in [0.4, 0.5) is 0 Å². The fourth-order valence-corrected chi connectivity index (χ4v) is 5.94. The summed E-state index contributed by atoms with van der Waals surface area (Å²) in [5.74, 6) is -1.07. The highest BCUT2D eigenvalue weighted by atomic mass is 16.5. The molecule has 2 aliphatic carbocycles. The van der Waals surface area contributed by atoms with Crippen LogP contribution in [-0.2, 0) is 14.4 Å². The number of quaternary nitrogens is 1. The second-order valence-corrected chi connectivity index (χ2v) is 11.5. The van der Waals surface area contributed by atoms with Gasteiger partial charge in [-0.15, -0.1) is 0 Å². The fraction of sp³-hybridized carbons (Fsp3) is 0.536. The maximum Gasteiger partial charge on any atom is 0.165 e. The van der Waals surface area contributed by atoms with Gasteiger partial charge in [-0.25, -0.2) is 0 Å². The number of para-hydroxylation sites is 1. The van der Waals surface area contributed by atoms with E-state index >= 15 is 0 Å². The van der Waals surface area contributed by atoms with Crippen LogP contribution in [0.3, 0.4) is 0 Å². The van der Waals surface area contributed by atoms with Gasteiger partial charge in [0.15, 0.2) is 11.6 Å². The van der Waals surface area contributed by atoms with Crippen LogP contribution < -0.4 is 14.7 Å². The third-order valence-corrected chi connectivity index (χ3v) is 7.16. The molecule has 0 bridgehead atoms. The number of hydrogen-bond acceptors (Lipinski definition) is 5. The van der Waals surface area contributed by atoms with Crippen molar-refractivity contribution in [3.8, 4) is 5.75 Å². The number of carboxylic acids is 1. The minimum absolute atomic E-state index is 0.0124. The van der Waals surface area contributed by atoms with E-state index in [1.165, 1.54) is 0 Å². The molecular weight excluding hydrogens is 430 g/mol. The lowest BCUT2D eigenvalue weighted by atomic mass is 9.63. The molecule has 0 atom stereocenters. The summed E-state index contributed by atoms with van der Waals surface area (Å²) in [7, 11) is 0. The van der Waals surface area contributed by atoms with E-state index in [4.69, 9.17) is 4.74 Å². The summed E-state index contributed by atoms with van der Waals surface area (Å²) < 4.78 is 6.06. The molecule has 34 heavy (non-hydrogen) atoms. The van der Waals surface area contributed by atoms with Crippen LogP contribution in [0, 0.1) is 10.8 Å². The van der Waals surface area contributed by atoms with E-state index in [-0.39, 0.29) is 28.9 Å². The topological polar surface area (TPSA) is 87.9 Å². The van der Waals surface area contributed by atoms with Crippen LogP contribution in [0.15, 0.2) is 46.8 Å². The predicted octanol–water partition coefficient (Wildman–Crippen LogP) is 2.49. The molecule has 0 aromatic heterocycles. The van der Waals surface area contributed by atoms with E-state index in [1.54, 1.807) is 0 Å². The Morgan fingerprint density at radius 1 is 0.971 bits per heavy atom. The van der Waals surface area contributed by atoms with E-state index in [2.05, 4.69) is 0 Å². The summed E-state index contributed by atoms with van der Waals surface area (Å²) in [6.07, 6.45) is 2.75. The average molecular weight is 466 g/mol. The summed E-state index contributed by atoms with van der Waals surface area (Å²) in [5.41, 5.74) is 2.98. The Hall–Kier alpha value is -2.73. The molecular formula is C28H35NO5. The minimum Gasteiger partial charge on any atom is -0.544 e. The Balaban J connectivity index is 2.00. The molecule has 6 heteroatoms. The first-order chi connectivity index (χ1) is 15.9. The van der Waals surface area contributed by atoms with Crippen LogP contribution in [0.5, 0.6) is 5.75 Å². The molecule has 0 fully saturated rings. The molecule has 1 aliphatic heterocycles. The van der Waals surface area contributed by atoms with E-state index < -0.39 is 11.9 Å². The number of carbonyl (C=O) groups excluding carboxylic acids is 3. The summed E-state index contributed by atoms with van der Waals surface area (Å²) >= 11 is 0. The molecule has 182 valence electrons. The smallest absolute Gasteiger partial charge is 0.165 e. The second-order valence-electron chi connectivity index (χ2n) is 11.5. The van der Waals surface area contributed by atoms with Gasteiger partial charge in [0.1, 0.15) is 23.7 Å². The van der Waals surface area contributed by atoms with Crippen molar-refractivity contribution in [1.29, 1.82) is 0 Å². The van der Waals surface area contributed by atoms with Crippen molar-refractivity contribution < 1.29 is 29.1 Å². The van der Waals surface area contributed by atoms with Gasteiger partial charge in [-0.1, -0.05) is 52.8 Å². The Morgan fingerprint density at radius 3 is 2.00 bits per heavy atom. The molecule has 0 spiro atoms. The van der Waals surface area contributed by atoms with Gasteiger partial charge in [0, 0.05) is 31.2 Å². The van der Waals surface area contributed by atoms with Crippen molar-refractivity contribution in [3.05, 3.63) is 52.4 Å². The first-order valence-electron chi connectivity index (χ1n) is 12.2. The zero-order chi connectivity index (χ0) is 24.8. The molecule has 1 aromatic carbocycles. The predicted molar refractivity (Wildman–Crippen MR) is 126 cm³/mol. The number of ether oxygens (including phenoxy) is 1. The molecule has 0 amide bonds. The third kappa shape index (κ3) is 4.48. The molecule has 3 aliphatic rings. The number of rotatable bonds is 6. The van der Waals surface area contributed by atoms with E-state index in [1.807, 2.05) is 58.9 Å². The normalized spacial score (nSPS) is 25.7. The lowest BCUT2D eigenvalue weighted by molar-refractivity contribution is -0.821. The van der Waals surface area contributed by atoms with Crippen molar-refractivity contribution in [3.63, 3.8) is 0 Å². The van der Waals surface area contributed by atoms with Gasteiger partial charge < -0.3 is 14.6 Å². The summed E-state index contributed by atoms with van der Waals surface area (Å²) in [6, 6.07) is 7.63. The number of hydrogen-bond donors (Lipinski definition) is 1. The summed E-state index contributed by atoms with van der Waals surface area (Å²) in [4.78, 5) is 39.8. The van der Waals surface area contributed by atoms with Crippen molar-refractivity contribution >= 4 is 17.5 Å². The Bertz CT molecular complexity index is 1050. The second kappa shape index (κ2) is 8.81. The SMILES string of the molecule is CCCOc1ccccc1C1C2=C(CC(C)(C)CC2=O)[NH+](CC(=O)[O-])C2=C1C(=O)CC(C)(C)C2. The van der Waals surface area contributed by atoms with Crippen LogP contribution >= 0.6 is 0 Å². The van der Waals surface area contributed by atoms with Gasteiger partial charge in [-0.2, -0.15) is 0 Å². The van der Waals surface area contributed by atoms with Crippen molar-refractivity contribution in [2.24, 2.45) is 10.8 Å². The van der Waals surface area contributed by atoms with Crippen LogP contribution in [0.2, 0.25) is 0 Å². The van der Waals surface area contributed by atoms with Crippen molar-refractivity contribution in [2.45, 2.75) is 72.6 Å². The highest BCUT2D eigenvalue weighted by Gasteiger charge is 2.52. The standard InChI is InChI=1S/C28H35NO5/c1-6-11-34-22-10-8-7-9-17(22)24-25-18(12-27(2,3)14-20(25)30)29(16-23(32)33)19-13-28(4,5)15-21(31)26(19)24/h7-10,24H,6,11-16H2,1-5H3,(H,32,33). The molecule has 0 radical (unpaired) electrons. The highest BCUT2D eigenvalue weighted by Crippen LogP contribution is 2.50. The largest absolute Gasteiger partial charge is 0.544 e. The molecule has 0 saturated heterocycles. The van der Waals surface area contributed by atoms with Crippen molar-refractivity contribution in [2.75, 3.05) is 13.2 Å². The van der Waals surface area contributed by atoms with Gasteiger partial charge >= 0.3 is 0 Å². The average Bonchev–Trinajstić information content (AvgIpc) is 2.71. The number of nitrogens with one attached hydrogen (secondary N) is 1. The lowest BCUT2D eigenvalue weighted by Crippen LogP contribution is -3.11. The molecule has 0 saturated carbocycles. The quantitative estimate of drug-likeness (QED) is 0.698. The number of ketones is 2. The van der Waals surface area contributed by atoms with Gasteiger partial charge in [-0.3, -0.25) is 14.5 Å². The number of carboxylic acid groups (broad SMARTS) is 1. The number of carbonyl (C=O) groups is 3. The Kier molecular flexibility index (Phi) is 6.32. The maximum absolute atomic E-state index is 13.7. The number of aliphatic carboxylic acids is 1. The zero-order valence-electron chi connectivity index (χ0n) is 20.9. The maximum atomic E-state index is 13.7. The molecule has 1 aromatic rings.